The lowest BCUT2D eigenvalue weighted by Gasteiger charge is -2.03. The smallest absolute Gasteiger partial charge is 0.263 e. The summed E-state index contributed by atoms with van der Waals surface area (Å²) in [5.74, 6) is -0.157. The standard InChI is InChI=1S/C17H19N3O2S/c1-11-16(17(22)20-13-7-8-13)23-15(19-11)9-14(21)18-10-12-5-3-2-4-6-12/h2-6,13H,7-10H2,1H3,(H,18,21)(H,20,22). The molecular formula is C17H19N3O2S. The van der Waals surface area contributed by atoms with Crippen LogP contribution in [0.5, 0.6) is 0 Å². The third-order valence-corrected chi connectivity index (χ3v) is 4.76. The van der Waals surface area contributed by atoms with E-state index in [2.05, 4.69) is 15.6 Å². The van der Waals surface area contributed by atoms with E-state index in [0.29, 0.717) is 28.2 Å². The van der Waals surface area contributed by atoms with Gasteiger partial charge in [-0.3, -0.25) is 9.59 Å². The van der Waals surface area contributed by atoms with E-state index in [4.69, 9.17) is 0 Å². The maximum Gasteiger partial charge on any atom is 0.263 e. The van der Waals surface area contributed by atoms with Gasteiger partial charge in [0, 0.05) is 12.6 Å². The summed E-state index contributed by atoms with van der Waals surface area (Å²) in [5.41, 5.74) is 1.75. The molecule has 1 aromatic carbocycles. The van der Waals surface area contributed by atoms with E-state index in [-0.39, 0.29) is 18.2 Å². The first-order chi connectivity index (χ1) is 11.1. The van der Waals surface area contributed by atoms with E-state index < -0.39 is 0 Å². The SMILES string of the molecule is Cc1nc(CC(=O)NCc2ccccc2)sc1C(=O)NC1CC1. The van der Waals surface area contributed by atoms with Gasteiger partial charge in [-0.25, -0.2) is 4.98 Å². The summed E-state index contributed by atoms with van der Waals surface area (Å²) < 4.78 is 0. The third kappa shape index (κ3) is 4.39. The Morgan fingerprint density at radius 3 is 2.70 bits per heavy atom. The fraction of sp³-hybridized carbons (Fsp3) is 0.353. The summed E-state index contributed by atoms with van der Waals surface area (Å²) in [7, 11) is 0. The Balaban J connectivity index is 1.55. The Bertz CT molecular complexity index is 708. The molecule has 0 aliphatic heterocycles. The van der Waals surface area contributed by atoms with Gasteiger partial charge in [-0.15, -0.1) is 11.3 Å². The molecule has 1 aliphatic rings. The molecule has 0 bridgehead atoms. The fourth-order valence-corrected chi connectivity index (χ4v) is 3.18. The molecule has 0 atom stereocenters. The van der Waals surface area contributed by atoms with Crippen LogP contribution in [-0.4, -0.2) is 22.8 Å². The van der Waals surface area contributed by atoms with Crippen LogP contribution in [0.25, 0.3) is 0 Å². The van der Waals surface area contributed by atoms with Gasteiger partial charge in [-0.2, -0.15) is 0 Å². The van der Waals surface area contributed by atoms with Crippen molar-refractivity contribution in [1.29, 1.82) is 0 Å². The Morgan fingerprint density at radius 2 is 2.00 bits per heavy atom. The van der Waals surface area contributed by atoms with Crippen molar-refractivity contribution >= 4 is 23.2 Å². The summed E-state index contributed by atoms with van der Waals surface area (Å²) >= 11 is 1.30. The number of amides is 2. The molecule has 1 saturated carbocycles. The highest BCUT2D eigenvalue weighted by Crippen LogP contribution is 2.23. The van der Waals surface area contributed by atoms with E-state index in [1.807, 2.05) is 37.3 Å². The second kappa shape index (κ2) is 6.91. The zero-order valence-electron chi connectivity index (χ0n) is 13.0. The van der Waals surface area contributed by atoms with Crippen molar-refractivity contribution in [3.05, 3.63) is 51.5 Å². The molecule has 23 heavy (non-hydrogen) atoms. The highest BCUT2D eigenvalue weighted by atomic mass is 32.1. The molecule has 120 valence electrons. The number of nitrogens with zero attached hydrogens (tertiary/aromatic N) is 1. The van der Waals surface area contributed by atoms with Crippen LogP contribution in [0.3, 0.4) is 0 Å². The van der Waals surface area contributed by atoms with E-state index in [1.54, 1.807) is 0 Å². The number of rotatable bonds is 6. The van der Waals surface area contributed by atoms with Crippen LogP contribution in [0, 0.1) is 6.92 Å². The van der Waals surface area contributed by atoms with Crippen molar-refractivity contribution in [2.75, 3.05) is 0 Å². The van der Waals surface area contributed by atoms with E-state index in [1.165, 1.54) is 11.3 Å². The first-order valence-corrected chi connectivity index (χ1v) is 8.51. The van der Waals surface area contributed by atoms with Gasteiger partial charge in [0.1, 0.15) is 9.88 Å². The van der Waals surface area contributed by atoms with Crippen molar-refractivity contribution in [3.8, 4) is 0 Å². The van der Waals surface area contributed by atoms with E-state index in [9.17, 15) is 9.59 Å². The number of carbonyl (C=O) groups is 2. The molecule has 2 N–H and O–H groups in total. The first-order valence-electron chi connectivity index (χ1n) is 7.69. The van der Waals surface area contributed by atoms with Crippen LogP contribution >= 0.6 is 11.3 Å². The molecule has 1 aromatic heterocycles. The molecule has 1 aliphatic carbocycles. The number of carbonyl (C=O) groups excluding carboxylic acids is 2. The summed E-state index contributed by atoms with van der Waals surface area (Å²) in [4.78, 5) is 29.1. The van der Waals surface area contributed by atoms with Crippen LogP contribution in [0.2, 0.25) is 0 Å². The van der Waals surface area contributed by atoms with Gasteiger partial charge in [0.25, 0.3) is 5.91 Å². The Hall–Kier alpha value is -2.21. The first kappa shape index (κ1) is 15.7. The number of hydrogen-bond acceptors (Lipinski definition) is 4. The topological polar surface area (TPSA) is 71.1 Å². The van der Waals surface area contributed by atoms with Crippen LogP contribution in [0.4, 0.5) is 0 Å². The Labute approximate surface area is 139 Å². The zero-order valence-corrected chi connectivity index (χ0v) is 13.8. The van der Waals surface area contributed by atoms with E-state index in [0.717, 1.165) is 18.4 Å². The third-order valence-electron chi connectivity index (χ3n) is 3.60. The van der Waals surface area contributed by atoms with Crippen LogP contribution in [0.1, 0.15) is 38.8 Å². The monoisotopic (exact) mass is 329 g/mol. The summed E-state index contributed by atoms with van der Waals surface area (Å²) in [6.07, 6.45) is 2.31. The lowest BCUT2D eigenvalue weighted by atomic mass is 10.2. The highest BCUT2D eigenvalue weighted by Gasteiger charge is 2.26. The number of aryl methyl sites for hydroxylation is 1. The molecule has 0 unspecified atom stereocenters. The van der Waals surface area contributed by atoms with Crippen molar-refractivity contribution in [1.82, 2.24) is 15.6 Å². The molecule has 5 nitrogen and oxygen atoms in total. The second-order valence-corrected chi connectivity index (χ2v) is 6.79. The molecular weight excluding hydrogens is 310 g/mol. The van der Waals surface area contributed by atoms with Gasteiger partial charge >= 0.3 is 0 Å². The van der Waals surface area contributed by atoms with Crippen LogP contribution in [-0.2, 0) is 17.8 Å². The van der Waals surface area contributed by atoms with Gasteiger partial charge in [-0.05, 0) is 25.3 Å². The minimum atomic E-state index is -0.0863. The predicted octanol–water partition coefficient (Wildman–Crippen LogP) is 2.20. The largest absolute Gasteiger partial charge is 0.352 e. The van der Waals surface area contributed by atoms with Gasteiger partial charge in [0.05, 0.1) is 12.1 Å². The fourth-order valence-electron chi connectivity index (χ4n) is 2.21. The maximum atomic E-state index is 12.1. The van der Waals surface area contributed by atoms with Gasteiger partial charge < -0.3 is 10.6 Å². The molecule has 1 fully saturated rings. The van der Waals surface area contributed by atoms with Crippen molar-refractivity contribution in [2.24, 2.45) is 0 Å². The number of nitrogens with one attached hydrogen (secondary N) is 2. The minimum absolute atomic E-state index is 0.0709. The molecule has 2 aromatic rings. The molecule has 2 amide bonds. The minimum Gasteiger partial charge on any atom is -0.352 e. The van der Waals surface area contributed by atoms with Gasteiger partial charge in [0.2, 0.25) is 5.91 Å². The lowest BCUT2D eigenvalue weighted by molar-refractivity contribution is -0.120. The van der Waals surface area contributed by atoms with Crippen LogP contribution < -0.4 is 10.6 Å². The average molecular weight is 329 g/mol. The van der Waals surface area contributed by atoms with Crippen molar-refractivity contribution in [3.63, 3.8) is 0 Å². The zero-order chi connectivity index (χ0) is 16.2. The number of aromatic nitrogens is 1. The normalized spacial score (nSPS) is 13.6. The Kier molecular flexibility index (Phi) is 4.71. The highest BCUT2D eigenvalue weighted by molar-refractivity contribution is 7.13. The summed E-state index contributed by atoms with van der Waals surface area (Å²) in [5, 5.41) is 6.50. The molecule has 0 radical (unpaired) electrons. The Morgan fingerprint density at radius 1 is 1.26 bits per heavy atom. The number of thiazole rings is 1. The van der Waals surface area contributed by atoms with Crippen molar-refractivity contribution in [2.45, 2.75) is 38.8 Å². The summed E-state index contributed by atoms with van der Waals surface area (Å²) in [6, 6.07) is 10.1. The number of hydrogen-bond donors (Lipinski definition) is 2. The molecule has 0 spiro atoms. The second-order valence-electron chi connectivity index (χ2n) is 5.71. The quantitative estimate of drug-likeness (QED) is 0.853. The predicted molar refractivity (Wildman–Crippen MR) is 89.3 cm³/mol. The molecule has 1 heterocycles. The van der Waals surface area contributed by atoms with E-state index >= 15 is 0 Å². The number of benzene rings is 1. The molecule has 3 rings (SSSR count). The maximum absolute atomic E-state index is 12.1. The van der Waals surface area contributed by atoms with Crippen molar-refractivity contribution < 1.29 is 9.59 Å². The molecule has 6 heteroatoms. The van der Waals surface area contributed by atoms with Crippen LogP contribution in [0.15, 0.2) is 30.3 Å². The summed E-state index contributed by atoms with van der Waals surface area (Å²) in [6.45, 7) is 2.31. The lowest BCUT2D eigenvalue weighted by Crippen LogP contribution is -2.25. The average Bonchev–Trinajstić information content (AvgIpc) is 3.27. The van der Waals surface area contributed by atoms with Gasteiger partial charge in [0.15, 0.2) is 0 Å². The van der Waals surface area contributed by atoms with Gasteiger partial charge in [-0.1, -0.05) is 30.3 Å². The molecule has 0 saturated heterocycles.